The predicted octanol–water partition coefficient (Wildman–Crippen LogP) is 4.95. The SMILES string of the molecule is CC(C)CCNC(=O)c1ccc(N2C(=S)N(c3cnc(C#N)c(C(F)(F)F)c3)C(=O)C23CCC3)cc1F. The zero-order chi connectivity index (χ0) is 27.1. The molecule has 0 atom stereocenters. The van der Waals surface area contributed by atoms with Gasteiger partial charge in [-0.05, 0) is 68.1 Å². The lowest BCUT2D eigenvalue weighted by molar-refractivity contribution is -0.138. The van der Waals surface area contributed by atoms with Crippen molar-refractivity contribution in [2.45, 2.75) is 51.2 Å². The summed E-state index contributed by atoms with van der Waals surface area (Å²) in [6, 6.07) is 5.92. The number of benzene rings is 1. The Hall–Kier alpha value is -3.59. The first-order chi connectivity index (χ1) is 17.4. The Bertz CT molecular complexity index is 1320. The molecule has 0 radical (unpaired) electrons. The number of carbonyl (C=O) groups is 2. The van der Waals surface area contributed by atoms with E-state index in [2.05, 4.69) is 10.3 Å². The maximum Gasteiger partial charge on any atom is 0.419 e. The molecular weight excluding hydrogens is 510 g/mol. The van der Waals surface area contributed by atoms with Crippen LogP contribution in [0.2, 0.25) is 0 Å². The van der Waals surface area contributed by atoms with E-state index in [1.54, 1.807) is 0 Å². The maximum absolute atomic E-state index is 15.0. The van der Waals surface area contributed by atoms with Gasteiger partial charge in [-0.1, -0.05) is 13.8 Å². The molecule has 2 aliphatic rings. The molecule has 1 aliphatic heterocycles. The summed E-state index contributed by atoms with van der Waals surface area (Å²) >= 11 is 5.51. The minimum Gasteiger partial charge on any atom is -0.352 e. The quantitative estimate of drug-likeness (QED) is 0.418. The molecule has 2 heterocycles. The van der Waals surface area contributed by atoms with Crippen molar-refractivity contribution in [3.05, 3.63) is 53.1 Å². The number of rotatable bonds is 6. The van der Waals surface area contributed by atoms with Gasteiger partial charge in [0.25, 0.3) is 11.8 Å². The van der Waals surface area contributed by atoms with E-state index < -0.39 is 40.6 Å². The van der Waals surface area contributed by atoms with Crippen LogP contribution >= 0.6 is 12.2 Å². The summed E-state index contributed by atoms with van der Waals surface area (Å²) in [6.07, 6.45) is -1.78. The van der Waals surface area contributed by atoms with E-state index in [0.717, 1.165) is 23.6 Å². The standard InChI is InChI=1S/C25H23F4N5O2S/c1-14(2)6-9-31-21(35)17-5-4-15(11-19(17)26)34-23(37)33(22(36)24(34)7-3-8-24)16-10-18(25(27,28)29)20(12-30)32-13-16/h4-5,10-11,13-14H,3,6-9H2,1-2H3,(H,31,35). The zero-order valence-electron chi connectivity index (χ0n) is 20.0. The van der Waals surface area contributed by atoms with Crippen molar-refractivity contribution >= 4 is 40.5 Å². The molecule has 194 valence electrons. The summed E-state index contributed by atoms with van der Waals surface area (Å²) < 4.78 is 55.6. The Morgan fingerprint density at radius 2 is 1.97 bits per heavy atom. The van der Waals surface area contributed by atoms with Crippen molar-refractivity contribution in [3.63, 3.8) is 0 Å². The van der Waals surface area contributed by atoms with Crippen molar-refractivity contribution in [1.82, 2.24) is 10.3 Å². The number of nitrogens with one attached hydrogen (secondary N) is 1. The highest BCUT2D eigenvalue weighted by Crippen LogP contribution is 2.48. The van der Waals surface area contributed by atoms with Gasteiger partial charge >= 0.3 is 6.18 Å². The maximum atomic E-state index is 15.0. The first-order valence-electron chi connectivity index (χ1n) is 11.6. The fourth-order valence-electron chi connectivity index (χ4n) is 4.49. The molecule has 1 spiro atoms. The number of amides is 2. The number of aromatic nitrogens is 1. The van der Waals surface area contributed by atoms with Crippen LogP contribution in [0.4, 0.5) is 28.9 Å². The van der Waals surface area contributed by atoms with Crippen LogP contribution < -0.4 is 15.1 Å². The number of thiocarbonyl (C=S) groups is 1. The summed E-state index contributed by atoms with van der Waals surface area (Å²) in [5.74, 6) is -1.59. The number of carbonyl (C=O) groups excluding carboxylic acids is 2. The molecule has 0 bridgehead atoms. The highest BCUT2D eigenvalue weighted by Gasteiger charge is 2.60. The van der Waals surface area contributed by atoms with Gasteiger partial charge in [-0.15, -0.1) is 0 Å². The molecule has 7 nitrogen and oxygen atoms in total. The smallest absolute Gasteiger partial charge is 0.352 e. The predicted molar refractivity (Wildman–Crippen MR) is 131 cm³/mol. The Morgan fingerprint density at radius 1 is 1.27 bits per heavy atom. The van der Waals surface area contributed by atoms with Gasteiger partial charge in [0.1, 0.15) is 17.4 Å². The van der Waals surface area contributed by atoms with E-state index in [4.69, 9.17) is 17.5 Å². The van der Waals surface area contributed by atoms with Gasteiger partial charge in [-0.3, -0.25) is 14.5 Å². The third-order valence-electron chi connectivity index (χ3n) is 6.60. The van der Waals surface area contributed by atoms with Crippen molar-refractivity contribution in [2.75, 3.05) is 16.3 Å². The molecule has 2 fully saturated rings. The fraction of sp³-hybridized carbons (Fsp3) is 0.400. The Labute approximate surface area is 216 Å². The Balaban J connectivity index is 1.68. The molecule has 0 unspecified atom stereocenters. The highest BCUT2D eigenvalue weighted by atomic mass is 32.1. The van der Waals surface area contributed by atoms with Gasteiger partial charge in [0, 0.05) is 12.2 Å². The van der Waals surface area contributed by atoms with Crippen LogP contribution in [0.1, 0.15) is 61.1 Å². The van der Waals surface area contributed by atoms with Gasteiger partial charge in [0.15, 0.2) is 10.8 Å². The number of nitrogens with zero attached hydrogens (tertiary/aromatic N) is 4. The van der Waals surface area contributed by atoms with E-state index in [-0.39, 0.29) is 22.1 Å². The lowest BCUT2D eigenvalue weighted by atomic mass is 9.75. The summed E-state index contributed by atoms with van der Waals surface area (Å²) in [4.78, 5) is 31.9. The molecule has 1 aromatic heterocycles. The van der Waals surface area contributed by atoms with Crippen LogP contribution in [-0.2, 0) is 11.0 Å². The van der Waals surface area contributed by atoms with Crippen LogP contribution in [0, 0.1) is 23.1 Å². The van der Waals surface area contributed by atoms with E-state index in [9.17, 15) is 22.8 Å². The van der Waals surface area contributed by atoms with Gasteiger partial charge in [-0.2, -0.15) is 18.4 Å². The monoisotopic (exact) mass is 533 g/mol. The van der Waals surface area contributed by atoms with Crippen LogP contribution in [-0.4, -0.2) is 34.0 Å². The molecule has 1 N–H and O–H groups in total. The second-order valence-corrected chi connectivity index (χ2v) is 9.81. The highest BCUT2D eigenvalue weighted by molar-refractivity contribution is 7.81. The number of anilines is 2. The van der Waals surface area contributed by atoms with Crippen molar-refractivity contribution < 1.29 is 27.2 Å². The van der Waals surface area contributed by atoms with Crippen molar-refractivity contribution in [3.8, 4) is 6.07 Å². The van der Waals surface area contributed by atoms with E-state index in [0.29, 0.717) is 37.8 Å². The van der Waals surface area contributed by atoms with Crippen LogP contribution in [0.3, 0.4) is 0 Å². The first-order valence-corrected chi connectivity index (χ1v) is 12.1. The molecule has 4 rings (SSSR count). The number of alkyl halides is 3. The second kappa shape index (κ2) is 9.70. The lowest BCUT2D eigenvalue weighted by Gasteiger charge is -2.43. The van der Waals surface area contributed by atoms with E-state index >= 15 is 4.39 Å². The average molecular weight is 534 g/mol. The minimum atomic E-state index is -4.87. The largest absolute Gasteiger partial charge is 0.419 e. The van der Waals surface area contributed by atoms with Gasteiger partial charge in [0.05, 0.1) is 23.0 Å². The minimum absolute atomic E-state index is 0.141. The number of halogens is 4. The molecule has 2 aromatic rings. The summed E-state index contributed by atoms with van der Waals surface area (Å²) in [6.45, 7) is 4.39. The summed E-state index contributed by atoms with van der Waals surface area (Å²) in [5, 5.41) is 11.6. The second-order valence-electron chi connectivity index (χ2n) is 9.45. The van der Waals surface area contributed by atoms with Crippen molar-refractivity contribution in [1.29, 1.82) is 5.26 Å². The third kappa shape index (κ3) is 4.64. The topological polar surface area (TPSA) is 89.3 Å². The molecule has 2 amide bonds. The molecule has 12 heteroatoms. The summed E-state index contributed by atoms with van der Waals surface area (Å²) in [7, 11) is 0. The molecule has 1 aliphatic carbocycles. The normalized spacial score (nSPS) is 16.8. The van der Waals surface area contributed by atoms with E-state index in [1.807, 2.05) is 13.8 Å². The van der Waals surface area contributed by atoms with Gasteiger partial charge in [-0.25, -0.2) is 9.37 Å². The number of pyridine rings is 1. The van der Waals surface area contributed by atoms with Crippen LogP contribution in [0.5, 0.6) is 0 Å². The number of hydrogen-bond acceptors (Lipinski definition) is 5. The molecule has 1 aromatic carbocycles. The number of hydrogen-bond donors (Lipinski definition) is 1. The lowest BCUT2D eigenvalue weighted by Crippen LogP contribution is -2.55. The molecule has 37 heavy (non-hydrogen) atoms. The van der Waals surface area contributed by atoms with Crippen molar-refractivity contribution in [2.24, 2.45) is 5.92 Å². The average Bonchev–Trinajstić information content (AvgIpc) is 3.04. The van der Waals surface area contributed by atoms with Gasteiger partial charge in [0.2, 0.25) is 0 Å². The van der Waals surface area contributed by atoms with Crippen LogP contribution in [0.25, 0.3) is 0 Å². The van der Waals surface area contributed by atoms with Crippen LogP contribution in [0.15, 0.2) is 30.5 Å². The van der Waals surface area contributed by atoms with Gasteiger partial charge < -0.3 is 10.2 Å². The zero-order valence-corrected chi connectivity index (χ0v) is 20.8. The molecule has 1 saturated carbocycles. The Kier molecular flexibility index (Phi) is 6.94. The fourth-order valence-corrected chi connectivity index (χ4v) is 4.95. The summed E-state index contributed by atoms with van der Waals surface area (Å²) in [5.41, 5.74) is -3.51. The van der Waals surface area contributed by atoms with E-state index in [1.165, 1.54) is 23.1 Å². The first kappa shape index (κ1) is 26.5. The molecule has 1 saturated heterocycles. The Morgan fingerprint density at radius 3 is 2.51 bits per heavy atom. The molecular formula is C25H23F4N5O2S. The number of nitriles is 1. The third-order valence-corrected chi connectivity index (χ3v) is 6.96.